The number of aliphatic carboxylic acids is 1. The van der Waals surface area contributed by atoms with Gasteiger partial charge in [-0.3, -0.25) is 0 Å². The van der Waals surface area contributed by atoms with Gasteiger partial charge in [0, 0.05) is 0 Å². The largest absolute Gasteiger partial charge is 0.480 e. The smallest absolute Gasteiger partial charge is 0.408 e. The van der Waals surface area contributed by atoms with Gasteiger partial charge in [-0.1, -0.05) is 33.4 Å². The highest BCUT2D eigenvalue weighted by Gasteiger charge is 2.26. The lowest BCUT2D eigenvalue weighted by atomic mass is 9.88. The highest BCUT2D eigenvalue weighted by atomic mass is 16.5. The van der Waals surface area contributed by atoms with E-state index in [4.69, 9.17) is 5.11 Å². The molecule has 0 saturated carbocycles. The minimum atomic E-state index is -1.06. The molecule has 0 unspecified atom stereocenters. The number of nitrogens with one attached hydrogen (secondary N) is 1. The number of ether oxygens (including phenoxy) is 1. The maximum Gasteiger partial charge on any atom is 0.408 e. The second-order valence-electron chi connectivity index (χ2n) is 4.69. The fourth-order valence-corrected chi connectivity index (χ4v) is 1.13. The highest BCUT2D eigenvalue weighted by Crippen LogP contribution is 2.20. The third-order valence-electron chi connectivity index (χ3n) is 1.74. The van der Waals surface area contributed by atoms with Crippen molar-refractivity contribution in [2.75, 3.05) is 6.61 Å². The molecule has 2 N–H and O–H groups in total. The van der Waals surface area contributed by atoms with Crippen LogP contribution in [0.5, 0.6) is 0 Å². The number of hydrogen-bond acceptors (Lipinski definition) is 3. The Bertz CT molecular complexity index is 268. The third kappa shape index (κ3) is 6.86. The van der Waals surface area contributed by atoms with Gasteiger partial charge in [-0.25, -0.2) is 9.59 Å². The van der Waals surface area contributed by atoms with Crippen molar-refractivity contribution in [2.45, 2.75) is 33.2 Å². The van der Waals surface area contributed by atoms with Crippen molar-refractivity contribution in [3.63, 3.8) is 0 Å². The maximum atomic E-state index is 11.2. The summed E-state index contributed by atoms with van der Waals surface area (Å²) in [7, 11) is 0. The van der Waals surface area contributed by atoms with Gasteiger partial charge in [-0.05, 0) is 11.8 Å². The van der Waals surface area contributed by atoms with Crippen LogP contribution in [0, 0.1) is 5.41 Å². The lowest BCUT2D eigenvalue weighted by Crippen LogP contribution is -2.43. The Balaban J connectivity index is 4.29. The summed E-state index contributed by atoms with van der Waals surface area (Å²) in [5.74, 6) is -1.06. The van der Waals surface area contributed by atoms with E-state index in [1.807, 2.05) is 20.8 Å². The lowest BCUT2D eigenvalue weighted by Gasteiger charge is -2.23. The number of carbonyl (C=O) groups is 2. The predicted octanol–water partition coefficient (Wildman–Crippen LogP) is 1.79. The topological polar surface area (TPSA) is 75.6 Å². The molecule has 0 radical (unpaired) electrons. The number of hydrogen-bond donors (Lipinski definition) is 2. The van der Waals surface area contributed by atoms with Gasteiger partial charge >= 0.3 is 12.1 Å². The number of carbonyl (C=O) groups excluding carboxylic acids is 1. The molecule has 5 nitrogen and oxygen atoms in total. The van der Waals surface area contributed by atoms with Crippen LogP contribution in [0.4, 0.5) is 4.79 Å². The minimum absolute atomic E-state index is 0.0632. The van der Waals surface area contributed by atoms with E-state index in [1.165, 1.54) is 6.08 Å². The van der Waals surface area contributed by atoms with E-state index in [-0.39, 0.29) is 12.0 Å². The Morgan fingerprint density at radius 3 is 2.44 bits per heavy atom. The normalized spacial score (nSPS) is 12.7. The molecule has 0 bridgehead atoms. The summed E-state index contributed by atoms with van der Waals surface area (Å²) >= 11 is 0. The fraction of sp³-hybridized carbons (Fsp3) is 0.636. The number of alkyl carbamates (subject to hydrolysis) is 1. The molecule has 0 aromatic carbocycles. The van der Waals surface area contributed by atoms with Crippen molar-refractivity contribution in [3.8, 4) is 0 Å². The Morgan fingerprint density at radius 2 is 2.06 bits per heavy atom. The second-order valence-corrected chi connectivity index (χ2v) is 4.69. The highest BCUT2D eigenvalue weighted by molar-refractivity contribution is 5.79. The Kier molecular flexibility index (Phi) is 5.56. The summed E-state index contributed by atoms with van der Waals surface area (Å²) < 4.78 is 4.65. The van der Waals surface area contributed by atoms with Gasteiger partial charge in [0.15, 0.2) is 0 Å². The molecule has 92 valence electrons. The van der Waals surface area contributed by atoms with Gasteiger partial charge in [0.1, 0.15) is 12.6 Å². The predicted molar refractivity (Wildman–Crippen MR) is 60.2 cm³/mol. The summed E-state index contributed by atoms with van der Waals surface area (Å²) in [6.07, 6.45) is 1.02. The molecular formula is C11H19NO4. The zero-order valence-corrected chi connectivity index (χ0v) is 9.95. The number of amides is 1. The number of carboxylic acid groups (broad SMARTS) is 1. The number of rotatable bonds is 5. The van der Waals surface area contributed by atoms with Gasteiger partial charge in [0.2, 0.25) is 0 Å². The van der Waals surface area contributed by atoms with Crippen LogP contribution in [0.3, 0.4) is 0 Å². The van der Waals surface area contributed by atoms with Crippen molar-refractivity contribution < 1.29 is 19.4 Å². The van der Waals surface area contributed by atoms with Crippen LogP contribution in [-0.4, -0.2) is 29.8 Å². The monoisotopic (exact) mass is 229 g/mol. The lowest BCUT2D eigenvalue weighted by molar-refractivity contribution is -0.140. The Morgan fingerprint density at radius 1 is 1.50 bits per heavy atom. The average Bonchev–Trinajstić information content (AvgIpc) is 2.11. The van der Waals surface area contributed by atoms with E-state index in [9.17, 15) is 9.59 Å². The van der Waals surface area contributed by atoms with Crippen LogP contribution in [0.25, 0.3) is 0 Å². The van der Waals surface area contributed by atoms with Crippen molar-refractivity contribution >= 4 is 12.1 Å². The fourth-order valence-electron chi connectivity index (χ4n) is 1.13. The molecule has 1 amide bonds. The zero-order chi connectivity index (χ0) is 12.8. The van der Waals surface area contributed by atoms with Crippen molar-refractivity contribution in [3.05, 3.63) is 12.7 Å². The van der Waals surface area contributed by atoms with Gasteiger partial charge in [-0.2, -0.15) is 0 Å². The zero-order valence-electron chi connectivity index (χ0n) is 9.95. The first kappa shape index (κ1) is 14.5. The van der Waals surface area contributed by atoms with Gasteiger partial charge in [0.25, 0.3) is 0 Å². The molecule has 0 fully saturated rings. The second kappa shape index (κ2) is 6.15. The molecule has 16 heavy (non-hydrogen) atoms. The van der Waals surface area contributed by atoms with E-state index in [2.05, 4.69) is 16.6 Å². The molecule has 0 saturated heterocycles. The number of carboxylic acids is 1. The van der Waals surface area contributed by atoms with E-state index in [0.717, 1.165) is 0 Å². The van der Waals surface area contributed by atoms with E-state index >= 15 is 0 Å². The molecule has 0 aliphatic carbocycles. The molecule has 1 atom stereocenters. The summed E-state index contributed by atoms with van der Waals surface area (Å²) in [6.45, 7) is 9.16. The van der Waals surface area contributed by atoms with Crippen LogP contribution < -0.4 is 5.32 Å². The molecule has 0 heterocycles. The van der Waals surface area contributed by atoms with E-state index < -0.39 is 18.1 Å². The molecule has 0 aromatic heterocycles. The van der Waals surface area contributed by atoms with Crippen molar-refractivity contribution in [1.82, 2.24) is 5.32 Å². The SMILES string of the molecule is C=CCOC(=O)N[C@H](CC(C)(C)C)C(=O)O. The molecule has 5 heteroatoms. The first-order chi connectivity index (χ1) is 7.26. The molecule has 0 spiro atoms. The average molecular weight is 229 g/mol. The summed E-state index contributed by atoms with van der Waals surface area (Å²) in [5.41, 5.74) is -0.186. The van der Waals surface area contributed by atoms with E-state index in [0.29, 0.717) is 6.42 Å². The third-order valence-corrected chi connectivity index (χ3v) is 1.74. The van der Waals surface area contributed by atoms with Gasteiger partial charge in [-0.15, -0.1) is 0 Å². The molecule has 0 aromatic rings. The molecule has 0 rings (SSSR count). The quantitative estimate of drug-likeness (QED) is 0.705. The van der Waals surface area contributed by atoms with Crippen LogP contribution >= 0.6 is 0 Å². The van der Waals surface area contributed by atoms with Crippen molar-refractivity contribution in [2.24, 2.45) is 5.41 Å². The first-order valence-electron chi connectivity index (χ1n) is 5.03. The van der Waals surface area contributed by atoms with Gasteiger partial charge in [0.05, 0.1) is 0 Å². The Hall–Kier alpha value is -1.52. The summed E-state index contributed by atoms with van der Waals surface area (Å²) in [6, 6.07) is -0.933. The van der Waals surface area contributed by atoms with E-state index in [1.54, 1.807) is 0 Å². The van der Waals surface area contributed by atoms with Crippen LogP contribution in [-0.2, 0) is 9.53 Å². The standard InChI is InChI=1S/C11H19NO4/c1-5-6-16-10(15)12-8(9(13)14)7-11(2,3)4/h5,8H,1,6-7H2,2-4H3,(H,12,15)(H,13,14)/t8-/m1/s1. The Labute approximate surface area is 95.5 Å². The van der Waals surface area contributed by atoms with Gasteiger partial charge < -0.3 is 15.2 Å². The van der Waals surface area contributed by atoms with Crippen LogP contribution in [0.1, 0.15) is 27.2 Å². The van der Waals surface area contributed by atoms with Crippen LogP contribution in [0.15, 0.2) is 12.7 Å². The summed E-state index contributed by atoms with van der Waals surface area (Å²) in [5, 5.41) is 11.2. The maximum absolute atomic E-state index is 11.2. The first-order valence-corrected chi connectivity index (χ1v) is 5.03. The minimum Gasteiger partial charge on any atom is -0.480 e. The molecule has 0 aliphatic rings. The van der Waals surface area contributed by atoms with Crippen LogP contribution in [0.2, 0.25) is 0 Å². The molecule has 0 aliphatic heterocycles. The van der Waals surface area contributed by atoms with Crippen molar-refractivity contribution in [1.29, 1.82) is 0 Å². The molecular weight excluding hydrogens is 210 g/mol. The summed E-state index contributed by atoms with van der Waals surface area (Å²) in [4.78, 5) is 22.1.